The van der Waals surface area contributed by atoms with Crippen molar-refractivity contribution in [3.8, 4) is 5.75 Å². The molecular formula is C16H19N3O3. The maximum absolute atomic E-state index is 12.2. The fourth-order valence-corrected chi connectivity index (χ4v) is 2.61. The molecule has 1 fully saturated rings. The van der Waals surface area contributed by atoms with Gasteiger partial charge in [0.2, 0.25) is 5.89 Å². The summed E-state index contributed by atoms with van der Waals surface area (Å²) in [6.45, 7) is 3.28. The minimum Gasteiger partial charge on any atom is -0.484 e. The molecule has 3 rings (SSSR count). The third-order valence-electron chi connectivity index (χ3n) is 3.85. The number of likely N-dealkylation sites (tertiary alicyclic amines) is 1. The van der Waals surface area contributed by atoms with Crippen molar-refractivity contribution in [3.05, 3.63) is 42.0 Å². The zero-order chi connectivity index (χ0) is 15.4. The molecule has 2 heterocycles. The molecule has 0 spiro atoms. The molecule has 0 N–H and O–H groups in total. The first-order chi connectivity index (χ1) is 10.7. The van der Waals surface area contributed by atoms with Gasteiger partial charge in [0.15, 0.2) is 12.4 Å². The molecule has 0 unspecified atom stereocenters. The van der Waals surface area contributed by atoms with Gasteiger partial charge in [0, 0.05) is 19.0 Å². The largest absolute Gasteiger partial charge is 0.484 e. The van der Waals surface area contributed by atoms with Crippen molar-refractivity contribution in [2.24, 2.45) is 0 Å². The Morgan fingerprint density at radius 1 is 1.32 bits per heavy atom. The molecule has 116 valence electrons. The van der Waals surface area contributed by atoms with Crippen LogP contribution in [0.3, 0.4) is 0 Å². The summed E-state index contributed by atoms with van der Waals surface area (Å²) < 4.78 is 10.7. The molecule has 22 heavy (non-hydrogen) atoms. The number of amides is 1. The van der Waals surface area contributed by atoms with Gasteiger partial charge in [0.25, 0.3) is 5.91 Å². The van der Waals surface area contributed by atoms with E-state index in [4.69, 9.17) is 9.26 Å². The fraction of sp³-hybridized carbons (Fsp3) is 0.438. The number of carbonyl (C=O) groups is 1. The molecular weight excluding hydrogens is 282 g/mol. The summed E-state index contributed by atoms with van der Waals surface area (Å²) in [6, 6.07) is 9.38. The van der Waals surface area contributed by atoms with Crippen LogP contribution in [0.2, 0.25) is 0 Å². The number of para-hydroxylation sites is 1. The Bertz CT molecular complexity index is 619. The van der Waals surface area contributed by atoms with E-state index in [-0.39, 0.29) is 18.4 Å². The molecule has 0 saturated carbocycles. The van der Waals surface area contributed by atoms with Gasteiger partial charge in [-0.3, -0.25) is 4.79 Å². The van der Waals surface area contributed by atoms with E-state index in [9.17, 15) is 4.79 Å². The number of carbonyl (C=O) groups excluding carboxylic acids is 1. The molecule has 0 atom stereocenters. The van der Waals surface area contributed by atoms with Crippen LogP contribution < -0.4 is 4.74 Å². The van der Waals surface area contributed by atoms with Crippen molar-refractivity contribution in [1.82, 2.24) is 15.0 Å². The van der Waals surface area contributed by atoms with Crippen LogP contribution in [0.4, 0.5) is 0 Å². The predicted molar refractivity (Wildman–Crippen MR) is 79.5 cm³/mol. The Labute approximate surface area is 129 Å². The number of piperidine rings is 1. The van der Waals surface area contributed by atoms with Crippen LogP contribution in [-0.4, -0.2) is 40.6 Å². The van der Waals surface area contributed by atoms with Crippen molar-refractivity contribution in [1.29, 1.82) is 0 Å². The van der Waals surface area contributed by atoms with Crippen LogP contribution in [0.15, 0.2) is 34.9 Å². The molecule has 6 nitrogen and oxygen atoms in total. The van der Waals surface area contributed by atoms with E-state index < -0.39 is 0 Å². The maximum atomic E-state index is 12.2. The van der Waals surface area contributed by atoms with Crippen LogP contribution in [-0.2, 0) is 4.79 Å². The van der Waals surface area contributed by atoms with E-state index in [1.807, 2.05) is 42.2 Å². The first-order valence-corrected chi connectivity index (χ1v) is 7.48. The van der Waals surface area contributed by atoms with Gasteiger partial charge in [-0.1, -0.05) is 23.4 Å². The Balaban J connectivity index is 1.47. The molecule has 1 amide bonds. The minimum absolute atomic E-state index is 0.0176. The van der Waals surface area contributed by atoms with Gasteiger partial charge < -0.3 is 14.2 Å². The van der Waals surface area contributed by atoms with Gasteiger partial charge in [0.05, 0.1) is 0 Å². The minimum atomic E-state index is 0.0176. The monoisotopic (exact) mass is 301 g/mol. The summed E-state index contributed by atoms with van der Waals surface area (Å²) in [6.07, 6.45) is 1.69. The molecule has 6 heteroatoms. The lowest BCUT2D eigenvalue weighted by Crippen LogP contribution is -2.40. The normalized spacial score (nSPS) is 15.8. The summed E-state index contributed by atoms with van der Waals surface area (Å²) in [5.41, 5.74) is 0. The van der Waals surface area contributed by atoms with Crippen LogP contribution in [0.5, 0.6) is 5.75 Å². The number of rotatable bonds is 4. The molecule has 1 saturated heterocycles. The van der Waals surface area contributed by atoms with Crippen molar-refractivity contribution in [3.63, 3.8) is 0 Å². The quantitative estimate of drug-likeness (QED) is 0.865. The number of nitrogens with zero attached hydrogens (tertiary/aromatic N) is 3. The lowest BCUT2D eigenvalue weighted by molar-refractivity contribution is -0.134. The number of aryl methyl sites for hydroxylation is 1. The Morgan fingerprint density at radius 3 is 2.68 bits per heavy atom. The highest BCUT2D eigenvalue weighted by Crippen LogP contribution is 2.26. The van der Waals surface area contributed by atoms with Crippen molar-refractivity contribution in [2.45, 2.75) is 25.7 Å². The second kappa shape index (κ2) is 6.60. The van der Waals surface area contributed by atoms with Gasteiger partial charge in [-0.05, 0) is 31.9 Å². The molecule has 0 aliphatic carbocycles. The van der Waals surface area contributed by atoms with Crippen LogP contribution in [0, 0.1) is 6.92 Å². The second-order valence-electron chi connectivity index (χ2n) is 5.44. The summed E-state index contributed by atoms with van der Waals surface area (Å²) >= 11 is 0. The molecule has 1 aromatic heterocycles. The third kappa shape index (κ3) is 3.44. The topological polar surface area (TPSA) is 68.5 Å². The lowest BCUT2D eigenvalue weighted by atomic mass is 9.97. The zero-order valence-electron chi connectivity index (χ0n) is 12.6. The Morgan fingerprint density at radius 2 is 2.05 bits per heavy atom. The second-order valence-corrected chi connectivity index (χ2v) is 5.44. The van der Waals surface area contributed by atoms with E-state index in [1.165, 1.54) is 0 Å². The first kappa shape index (κ1) is 14.6. The molecule has 0 bridgehead atoms. The summed E-state index contributed by atoms with van der Waals surface area (Å²) in [5, 5.41) is 3.82. The van der Waals surface area contributed by atoms with E-state index >= 15 is 0 Å². The first-order valence-electron chi connectivity index (χ1n) is 7.48. The standard InChI is InChI=1S/C16H19N3O3/c1-12-17-16(22-18-12)13-7-9-19(10-8-13)15(20)11-21-14-5-3-2-4-6-14/h2-6,13H,7-11H2,1H3. The van der Waals surface area contributed by atoms with Gasteiger partial charge in [-0.15, -0.1) is 0 Å². The number of benzene rings is 1. The summed E-state index contributed by atoms with van der Waals surface area (Å²) in [7, 11) is 0. The summed E-state index contributed by atoms with van der Waals surface area (Å²) in [4.78, 5) is 18.3. The lowest BCUT2D eigenvalue weighted by Gasteiger charge is -2.30. The summed E-state index contributed by atoms with van der Waals surface area (Å²) in [5.74, 6) is 2.33. The molecule has 1 aromatic carbocycles. The number of hydrogen-bond donors (Lipinski definition) is 0. The van der Waals surface area contributed by atoms with Gasteiger partial charge >= 0.3 is 0 Å². The number of ether oxygens (including phenoxy) is 1. The Hall–Kier alpha value is -2.37. The average molecular weight is 301 g/mol. The van der Waals surface area contributed by atoms with Crippen molar-refractivity contribution < 1.29 is 14.1 Å². The van der Waals surface area contributed by atoms with Gasteiger partial charge in [0.1, 0.15) is 5.75 Å². The third-order valence-corrected chi connectivity index (χ3v) is 3.85. The van der Waals surface area contributed by atoms with Crippen LogP contribution in [0.25, 0.3) is 0 Å². The number of aromatic nitrogens is 2. The van der Waals surface area contributed by atoms with E-state index in [0.717, 1.165) is 12.8 Å². The van der Waals surface area contributed by atoms with Gasteiger partial charge in [-0.2, -0.15) is 4.98 Å². The van der Waals surface area contributed by atoms with Crippen molar-refractivity contribution in [2.75, 3.05) is 19.7 Å². The molecule has 1 aliphatic heterocycles. The molecule has 2 aromatic rings. The molecule has 1 aliphatic rings. The SMILES string of the molecule is Cc1noc(C2CCN(C(=O)COc3ccccc3)CC2)n1. The van der Waals surface area contributed by atoms with Gasteiger partial charge in [-0.25, -0.2) is 0 Å². The number of hydrogen-bond acceptors (Lipinski definition) is 5. The average Bonchev–Trinajstić information content (AvgIpc) is 3.00. The highest BCUT2D eigenvalue weighted by molar-refractivity contribution is 5.77. The zero-order valence-corrected chi connectivity index (χ0v) is 12.6. The van der Waals surface area contributed by atoms with E-state index in [0.29, 0.717) is 30.6 Å². The fourth-order valence-electron chi connectivity index (χ4n) is 2.61. The van der Waals surface area contributed by atoms with Crippen molar-refractivity contribution >= 4 is 5.91 Å². The van der Waals surface area contributed by atoms with Crippen LogP contribution >= 0.6 is 0 Å². The highest BCUT2D eigenvalue weighted by atomic mass is 16.5. The van der Waals surface area contributed by atoms with E-state index in [1.54, 1.807) is 0 Å². The predicted octanol–water partition coefficient (Wildman–Crippen LogP) is 2.16. The maximum Gasteiger partial charge on any atom is 0.260 e. The smallest absolute Gasteiger partial charge is 0.260 e. The van der Waals surface area contributed by atoms with E-state index in [2.05, 4.69) is 10.1 Å². The highest BCUT2D eigenvalue weighted by Gasteiger charge is 2.27. The molecule has 0 radical (unpaired) electrons. The Kier molecular flexibility index (Phi) is 4.37. The van der Waals surface area contributed by atoms with Crippen LogP contribution in [0.1, 0.15) is 30.5 Å².